The number of nitriles is 1. The number of nitrogens with zero attached hydrogens (tertiary/aromatic N) is 2. The van der Waals surface area contributed by atoms with Crippen molar-refractivity contribution in [1.29, 1.82) is 10.7 Å². The van der Waals surface area contributed by atoms with Gasteiger partial charge in [0.15, 0.2) is 54.5 Å². The highest BCUT2D eigenvalue weighted by atomic mass is 35.6. The highest BCUT2D eigenvalue weighted by Gasteiger charge is 2.56. The topological polar surface area (TPSA) is 1410 Å². The fourth-order valence-corrected chi connectivity index (χ4v) is 9.14. The number of nitrogens with two attached hydrogens (primary N) is 31. The summed E-state index contributed by atoms with van der Waals surface area (Å²) in [6.45, 7) is 10.2. The minimum Gasteiger partial charge on any atom is -0.463 e. The molecule has 4 heterocycles. The number of halogens is 3. The SMILES string of the molecule is CC(=O)OCC1OC(OC(=N)C(Cl)(Cl)Cl)C(OC(C)=O)C(OC(C)=O)C1OC(C)=O.CC(=O)OCC1OC(OCCOCCN=C=S)C(OC(C)=O)C(OC(C)=O)C1OC(C)=O.CN.CNC(=S)NCCOCCOC1OC(CO)C(O)C(O)C1O.N#CSCCOCCO.NN.NN.NN.NN.NN.NN.NN.NN.NN.NN.NN.NN.NN.NN.NNN.OCC1OC(O)C(O)C(O)C1O. The lowest BCUT2D eigenvalue weighted by atomic mass is 9.98. The molecule has 0 aromatic heterocycles. The van der Waals surface area contributed by atoms with E-state index in [0.717, 1.165) is 60.2 Å². The van der Waals surface area contributed by atoms with E-state index in [1.807, 2.05) is 5.40 Å². The van der Waals surface area contributed by atoms with Gasteiger partial charge < -0.3 is 153 Å². The number of carbonyl (C=O) groups excluding carboxylic acids is 8. The van der Waals surface area contributed by atoms with Crippen LogP contribution < -0.4 is 197 Å². The van der Waals surface area contributed by atoms with Gasteiger partial charge in [-0.1, -0.05) is 34.8 Å². The lowest BCUT2D eigenvalue weighted by molar-refractivity contribution is -0.309. The molecule has 4 saturated heterocycles. The molecule has 4 fully saturated rings. The third-order valence-electron chi connectivity index (χ3n) is 12.9. The van der Waals surface area contributed by atoms with Crippen LogP contribution in [0.15, 0.2) is 4.99 Å². The van der Waals surface area contributed by atoms with Gasteiger partial charge >= 0.3 is 47.8 Å². The van der Waals surface area contributed by atoms with Gasteiger partial charge in [0.2, 0.25) is 18.3 Å². The number of ether oxygens (including phenoxy) is 18. The van der Waals surface area contributed by atoms with Gasteiger partial charge in [0.05, 0.1) is 84.4 Å². The number of hydrogen-bond donors (Lipinski definition) is 45. The summed E-state index contributed by atoms with van der Waals surface area (Å²) < 4.78 is 91.6. The predicted octanol–water partition coefficient (Wildman–Crippen LogP) is -23.1. The molecule has 834 valence electrons. The number of carbonyl (C=O) groups is 8. The average molecular weight is 2160 g/mol. The standard InChI is InChI=1S/C19H27NO11S.C16H20Cl3NO10.C12H24N2O7S.C6H12O6.C5H9NO2S.CH5N.H5N3.14H4N2/c1-11(21)27-9-15-16(28-12(2)22)17(29-13(3)23)18(30-14(4)24)19(31-15)26-8-7-25-6-5-20-10-32;1-6(21)25-5-10-11(26-7(2)22)12(27-8(3)23)13(28-9(4)24)14(29-10)30-15(20)16(17,18)19;1-13-12(22)14-2-3-19-4-5-20-11-10(18)9(17)8(16)7(6-15)21-11;7-1-2-3(8)4(9)5(10)6(11)12-2;6-5-9-4-3-8-2-1-7;1-2;1-3-2;14*1-2/h15-19H,5-9H2,1-4H3;10-14,20H,5H2,1-4H3;7-11,15-18H,2-6H2,1H3,(H2,13,14,22);2-11H,1H2;7H,1-4H2;2H2,1H3;3H,1-2H2;14*1-2H2. The van der Waals surface area contributed by atoms with Gasteiger partial charge in [-0.15, -0.1) is 0 Å². The Morgan fingerprint density at radius 3 is 1.07 bits per heavy atom. The summed E-state index contributed by atoms with van der Waals surface area (Å²) in [6, 6.07) is 0. The van der Waals surface area contributed by atoms with Crippen molar-refractivity contribution in [1.82, 2.24) is 16.2 Å². The van der Waals surface area contributed by atoms with Crippen molar-refractivity contribution in [2.75, 3.05) is 119 Å². The Balaban J connectivity index is -0.0000000848. The zero-order valence-electron chi connectivity index (χ0n) is 77.6. The normalized spacial score (nSPS) is 22.1. The monoisotopic (exact) mass is 2160 g/mol. The van der Waals surface area contributed by atoms with E-state index in [1.54, 1.807) is 12.6 Å². The Hall–Kier alpha value is -6.61. The number of thiocarbonyl (C=S) groups is 2. The second-order valence-electron chi connectivity index (χ2n) is 21.4. The van der Waals surface area contributed by atoms with Gasteiger partial charge in [-0.25, -0.2) is 4.99 Å². The zero-order valence-corrected chi connectivity index (χ0v) is 82.3. The molecule has 0 aromatic carbocycles. The molecule has 73 nitrogen and oxygen atoms in total. The fraction of sp³-hybridized carbons (Fsp3) is 0.797. The van der Waals surface area contributed by atoms with E-state index >= 15 is 0 Å². The lowest BCUT2D eigenvalue weighted by Gasteiger charge is -2.44. The first kappa shape index (κ1) is 171. The van der Waals surface area contributed by atoms with Crippen molar-refractivity contribution in [2.45, 2.75) is 182 Å². The molecule has 0 bridgehead atoms. The van der Waals surface area contributed by atoms with E-state index in [-0.39, 0.29) is 46.2 Å². The number of thioether (sulfide) groups is 1. The summed E-state index contributed by atoms with van der Waals surface area (Å²) in [6.07, 6.45) is -26.7. The summed E-state index contributed by atoms with van der Waals surface area (Å²) in [7, 11) is 3.21. The molecule has 4 aliphatic rings. The van der Waals surface area contributed by atoms with Gasteiger partial charge in [0, 0.05) is 74.7 Å². The molecule has 0 aliphatic carbocycles. The smallest absolute Gasteiger partial charge is 0.303 e. The Bertz CT molecular complexity index is 2830. The maximum absolute atomic E-state index is 11.7. The molecule has 0 amide bonds. The Morgan fingerprint density at radius 2 is 0.739 bits per heavy atom. The van der Waals surface area contributed by atoms with E-state index in [1.165, 1.54) is 14.0 Å². The highest BCUT2D eigenvalue weighted by Crippen LogP contribution is 2.35. The van der Waals surface area contributed by atoms with Crippen molar-refractivity contribution in [2.24, 2.45) is 186 Å². The number of isothiocyanates is 1. The van der Waals surface area contributed by atoms with E-state index in [9.17, 15) is 53.7 Å². The number of nitrogens with one attached hydrogen (secondary N) is 4. The van der Waals surface area contributed by atoms with Crippen LogP contribution in [0.3, 0.4) is 0 Å². The van der Waals surface area contributed by atoms with Crippen LogP contribution in [0.5, 0.6) is 0 Å². The number of aliphatic hydroxyl groups is 10. The lowest BCUT2D eigenvalue weighted by Crippen LogP contribution is -2.63. The summed E-state index contributed by atoms with van der Waals surface area (Å²) >= 11 is 27.3. The Morgan fingerprint density at radius 1 is 0.428 bits per heavy atom. The van der Waals surface area contributed by atoms with Crippen LogP contribution in [-0.2, 0) is 124 Å². The number of hydrogen-bond acceptors (Lipinski definition) is 74. The summed E-state index contributed by atoms with van der Waals surface area (Å²) in [5.41, 5.74) is 6.25. The minimum atomic E-state index is -2.29. The molecule has 79 heteroatoms. The minimum absolute atomic E-state index is 0.00897. The summed E-state index contributed by atoms with van der Waals surface area (Å²) in [5, 5.41) is 117. The molecular formula is C59H158Cl3N37O36S3. The summed E-state index contributed by atoms with van der Waals surface area (Å²) in [5.74, 6) is 115. The predicted molar refractivity (Wildman–Crippen MR) is 501 cm³/mol. The fourth-order valence-electron chi connectivity index (χ4n) is 8.52. The molecule has 20 atom stereocenters. The van der Waals surface area contributed by atoms with Gasteiger partial charge in [-0.2, -0.15) is 10.8 Å². The first-order chi connectivity index (χ1) is 65.8. The van der Waals surface area contributed by atoms with E-state index in [4.69, 9.17) is 174 Å². The maximum atomic E-state index is 11.7. The van der Waals surface area contributed by atoms with Crippen molar-refractivity contribution < 1.29 is 175 Å². The van der Waals surface area contributed by atoms with Crippen molar-refractivity contribution in [3.63, 3.8) is 0 Å². The molecule has 0 radical (unpaired) electrons. The van der Waals surface area contributed by atoms with Crippen LogP contribution >= 0.6 is 71.0 Å². The first-order valence-corrected chi connectivity index (χ1v) is 39.9. The average Bonchev–Trinajstić information content (AvgIpc) is 0.784. The number of alkyl halides is 3. The van der Waals surface area contributed by atoms with Crippen LogP contribution in [0.2, 0.25) is 0 Å². The van der Waals surface area contributed by atoms with Crippen molar-refractivity contribution in [3.8, 4) is 5.40 Å². The third kappa shape index (κ3) is 96.9. The number of rotatable bonds is 32. The van der Waals surface area contributed by atoms with Crippen molar-refractivity contribution in [3.05, 3.63) is 0 Å². The van der Waals surface area contributed by atoms with Gasteiger partial charge in [-0.3, -0.25) is 219 Å². The number of aliphatic imine (C=N–C) groups is 1. The first-order valence-electron chi connectivity index (χ1n) is 37.0. The number of aliphatic hydroxyl groups excluding tert-OH is 10. The number of hydrazine groups is 16. The molecule has 4 aliphatic heterocycles. The molecule has 20 unspecified atom stereocenters. The molecule has 76 N–H and O–H groups in total. The second kappa shape index (κ2) is 128. The molecule has 0 aromatic rings. The van der Waals surface area contributed by atoms with Crippen LogP contribution in [0.25, 0.3) is 0 Å². The zero-order chi connectivity index (χ0) is 113. The number of thiocyanates is 1. The molecular weight excluding hydrogens is 2010 g/mol. The van der Waals surface area contributed by atoms with E-state index < -0.39 is 200 Å². The largest absolute Gasteiger partial charge is 0.463 e. The van der Waals surface area contributed by atoms with Gasteiger partial charge in [-0.05, 0) is 43.2 Å². The van der Waals surface area contributed by atoms with E-state index in [0.29, 0.717) is 43.8 Å². The third-order valence-corrected chi connectivity index (χ3v) is 14.4. The second-order valence-corrected chi connectivity index (χ2v) is 25.1. The maximum Gasteiger partial charge on any atom is 0.303 e. The van der Waals surface area contributed by atoms with Gasteiger partial charge in [0.1, 0.15) is 79.7 Å². The summed E-state index contributed by atoms with van der Waals surface area (Å²) in [4.78, 5) is 96.1. The van der Waals surface area contributed by atoms with E-state index in [2.05, 4.69) is 219 Å². The van der Waals surface area contributed by atoms with Crippen molar-refractivity contribution >= 4 is 135 Å². The molecule has 0 saturated carbocycles. The van der Waals surface area contributed by atoms with Crippen LogP contribution in [0, 0.1) is 16.1 Å². The van der Waals surface area contributed by atoms with Gasteiger partial charge in [0.25, 0.3) is 3.79 Å². The Labute approximate surface area is 825 Å². The highest BCUT2D eigenvalue weighted by molar-refractivity contribution is 8.03. The molecule has 4 rings (SSSR count). The van der Waals surface area contributed by atoms with Crippen LogP contribution in [-0.4, -0.2) is 360 Å². The molecule has 138 heavy (non-hydrogen) atoms. The quantitative estimate of drug-likeness (QED) is 0.00284. The van der Waals surface area contributed by atoms with Crippen LogP contribution in [0.4, 0.5) is 0 Å². The molecule has 0 spiro atoms. The number of esters is 8. The Kier molecular flexibility index (Phi) is 159. The van der Waals surface area contributed by atoms with Crippen LogP contribution in [0.1, 0.15) is 55.4 Å².